The maximum Gasteiger partial charge on any atom is 0.181 e. The molecule has 1 N–H and O–H groups in total. The van der Waals surface area contributed by atoms with Gasteiger partial charge in [0.2, 0.25) is 0 Å². The highest BCUT2D eigenvalue weighted by atomic mass is 16.5. The lowest BCUT2D eigenvalue weighted by Crippen LogP contribution is -2.38. The Labute approximate surface area is 150 Å². The Morgan fingerprint density at radius 1 is 1.35 bits per heavy atom. The molecule has 138 valence electrons. The molecule has 1 atom stereocenters. The van der Waals surface area contributed by atoms with Crippen molar-refractivity contribution >= 4 is 0 Å². The molecule has 0 radical (unpaired) electrons. The molecule has 3 aromatic heterocycles. The van der Waals surface area contributed by atoms with Crippen LogP contribution in [0.3, 0.4) is 0 Å². The molecule has 0 saturated carbocycles. The first-order chi connectivity index (χ1) is 12.8. The van der Waals surface area contributed by atoms with Gasteiger partial charge in [0, 0.05) is 26.4 Å². The van der Waals surface area contributed by atoms with Crippen molar-refractivity contribution in [1.82, 2.24) is 35.3 Å². The van der Waals surface area contributed by atoms with E-state index in [1.54, 1.807) is 18.0 Å². The van der Waals surface area contributed by atoms with Crippen molar-refractivity contribution in [3.8, 4) is 11.5 Å². The summed E-state index contributed by atoms with van der Waals surface area (Å²) in [5.41, 5.74) is 0.869. The minimum Gasteiger partial charge on any atom is -0.458 e. The summed E-state index contributed by atoms with van der Waals surface area (Å²) in [5.74, 6) is 2.41. The number of hydrogen-bond acceptors (Lipinski definition) is 8. The van der Waals surface area contributed by atoms with E-state index in [1.165, 1.54) is 0 Å². The second-order valence-electron chi connectivity index (χ2n) is 6.08. The van der Waals surface area contributed by atoms with Crippen LogP contribution in [0, 0.1) is 0 Å². The number of ether oxygens (including phenoxy) is 2. The highest BCUT2D eigenvalue weighted by Gasteiger charge is 2.27. The fourth-order valence-electron chi connectivity index (χ4n) is 3.00. The molecule has 1 fully saturated rings. The van der Waals surface area contributed by atoms with Gasteiger partial charge >= 0.3 is 0 Å². The summed E-state index contributed by atoms with van der Waals surface area (Å²) < 4.78 is 18.6. The lowest BCUT2D eigenvalue weighted by atomic mass is 10.2. The minimum absolute atomic E-state index is 0.169. The highest BCUT2D eigenvalue weighted by molar-refractivity contribution is 5.51. The minimum atomic E-state index is -0.169. The maximum absolute atomic E-state index is 5.92. The maximum atomic E-state index is 5.92. The molecule has 0 spiro atoms. The van der Waals surface area contributed by atoms with Gasteiger partial charge in [0.05, 0.1) is 26.3 Å². The van der Waals surface area contributed by atoms with Gasteiger partial charge in [-0.25, -0.2) is 4.68 Å². The van der Waals surface area contributed by atoms with Crippen LogP contribution >= 0.6 is 0 Å². The van der Waals surface area contributed by atoms with Gasteiger partial charge in [-0.1, -0.05) is 0 Å². The van der Waals surface area contributed by atoms with Crippen LogP contribution < -0.4 is 0 Å². The number of furan rings is 1. The van der Waals surface area contributed by atoms with Gasteiger partial charge in [0.1, 0.15) is 17.6 Å². The van der Waals surface area contributed by atoms with Gasteiger partial charge < -0.3 is 13.9 Å². The average Bonchev–Trinajstić information content (AvgIpc) is 3.41. The van der Waals surface area contributed by atoms with Crippen LogP contribution in [0.2, 0.25) is 0 Å². The molecule has 1 aliphatic rings. The molecule has 0 aromatic carbocycles. The zero-order valence-corrected chi connectivity index (χ0v) is 14.5. The van der Waals surface area contributed by atoms with Crippen LogP contribution in [-0.4, -0.2) is 68.7 Å². The average molecular weight is 359 g/mol. The van der Waals surface area contributed by atoms with Crippen molar-refractivity contribution in [2.75, 3.05) is 33.4 Å². The fourth-order valence-corrected chi connectivity index (χ4v) is 3.00. The van der Waals surface area contributed by atoms with Crippen molar-refractivity contribution in [2.45, 2.75) is 19.2 Å². The van der Waals surface area contributed by atoms with E-state index >= 15 is 0 Å². The van der Waals surface area contributed by atoms with E-state index in [9.17, 15) is 0 Å². The third kappa shape index (κ3) is 3.66. The molecule has 4 rings (SSSR count). The first-order valence-electron chi connectivity index (χ1n) is 8.51. The van der Waals surface area contributed by atoms with Crippen molar-refractivity contribution in [3.63, 3.8) is 0 Å². The number of methoxy groups -OCH3 is 1. The van der Waals surface area contributed by atoms with Crippen molar-refractivity contribution in [2.24, 2.45) is 0 Å². The zero-order valence-electron chi connectivity index (χ0n) is 14.5. The number of aromatic nitrogens is 6. The largest absolute Gasteiger partial charge is 0.458 e. The molecule has 4 heterocycles. The molecular weight excluding hydrogens is 338 g/mol. The molecule has 0 aliphatic carbocycles. The van der Waals surface area contributed by atoms with Gasteiger partial charge in [-0.2, -0.15) is 5.10 Å². The van der Waals surface area contributed by atoms with Gasteiger partial charge in [-0.05, 0) is 28.6 Å². The van der Waals surface area contributed by atoms with Crippen LogP contribution in [0.4, 0.5) is 0 Å². The van der Waals surface area contributed by atoms with Gasteiger partial charge in [0.15, 0.2) is 11.6 Å². The van der Waals surface area contributed by atoms with Crippen LogP contribution in [0.25, 0.3) is 11.5 Å². The third-order valence-corrected chi connectivity index (χ3v) is 4.31. The van der Waals surface area contributed by atoms with E-state index in [0.29, 0.717) is 32.8 Å². The summed E-state index contributed by atoms with van der Waals surface area (Å²) in [6, 6.07) is 5.82. The number of rotatable bonds is 7. The number of morpholine rings is 1. The Bertz CT molecular complexity index is 814. The molecule has 1 saturated heterocycles. The summed E-state index contributed by atoms with van der Waals surface area (Å²) in [4.78, 5) is 2.28. The number of tetrazole rings is 1. The number of aromatic amines is 1. The molecule has 10 nitrogen and oxygen atoms in total. The molecule has 0 bridgehead atoms. The van der Waals surface area contributed by atoms with E-state index in [2.05, 4.69) is 30.6 Å². The smallest absolute Gasteiger partial charge is 0.181 e. The third-order valence-electron chi connectivity index (χ3n) is 4.31. The van der Waals surface area contributed by atoms with Crippen molar-refractivity contribution in [1.29, 1.82) is 0 Å². The summed E-state index contributed by atoms with van der Waals surface area (Å²) in [5, 5.41) is 18.8. The Morgan fingerprint density at radius 3 is 3.15 bits per heavy atom. The molecule has 0 amide bonds. The first kappa shape index (κ1) is 16.9. The van der Waals surface area contributed by atoms with Crippen molar-refractivity contribution < 1.29 is 13.9 Å². The lowest BCUT2D eigenvalue weighted by molar-refractivity contribution is -0.0412. The Morgan fingerprint density at radius 2 is 2.31 bits per heavy atom. The van der Waals surface area contributed by atoms with E-state index in [0.717, 1.165) is 29.6 Å². The Balaban J connectivity index is 1.40. The molecular formula is C16H21N7O3. The number of nitrogens with zero attached hydrogens (tertiary/aromatic N) is 6. The van der Waals surface area contributed by atoms with E-state index in [4.69, 9.17) is 13.9 Å². The number of nitrogens with one attached hydrogen (secondary N) is 1. The Kier molecular flexibility index (Phi) is 5.04. The molecule has 1 aliphatic heterocycles. The highest BCUT2D eigenvalue weighted by Crippen LogP contribution is 2.24. The predicted molar refractivity (Wildman–Crippen MR) is 90.0 cm³/mol. The van der Waals surface area contributed by atoms with Crippen LogP contribution in [0.15, 0.2) is 28.8 Å². The fraction of sp³-hybridized carbons (Fsp3) is 0.500. The monoisotopic (exact) mass is 359 g/mol. The Hall–Kier alpha value is -2.56. The SMILES string of the molecule is COCCn1nnnc1[C@@H]1CN(Cc2ccc(-c3ccn[nH]3)o2)CCO1. The molecule has 26 heavy (non-hydrogen) atoms. The summed E-state index contributed by atoms with van der Waals surface area (Å²) >= 11 is 0. The number of H-pyrrole nitrogens is 1. The van der Waals surface area contributed by atoms with Gasteiger partial charge in [0.25, 0.3) is 0 Å². The second-order valence-corrected chi connectivity index (χ2v) is 6.08. The zero-order chi connectivity index (χ0) is 17.8. The standard InChI is InChI=1S/C16H21N7O3/c1-24-8-7-23-16(19-20-21-23)15-11-22(6-9-25-15)10-12-2-3-14(26-12)13-4-5-17-18-13/h2-5,15H,6-11H2,1H3,(H,17,18)/t15-/m0/s1. The van der Waals surface area contributed by atoms with Crippen molar-refractivity contribution in [3.05, 3.63) is 36.0 Å². The summed E-state index contributed by atoms with van der Waals surface area (Å²) in [6.07, 6.45) is 1.54. The van der Waals surface area contributed by atoms with Gasteiger partial charge in [-0.15, -0.1) is 5.10 Å². The van der Waals surface area contributed by atoms with Gasteiger partial charge in [-0.3, -0.25) is 10.00 Å². The molecule has 0 unspecified atom stereocenters. The quantitative estimate of drug-likeness (QED) is 0.662. The molecule has 3 aromatic rings. The lowest BCUT2D eigenvalue weighted by Gasteiger charge is -2.31. The van der Waals surface area contributed by atoms with E-state index in [1.807, 2.05) is 18.2 Å². The summed E-state index contributed by atoms with van der Waals surface area (Å²) in [7, 11) is 1.66. The predicted octanol–water partition coefficient (Wildman–Crippen LogP) is 0.876. The van der Waals surface area contributed by atoms with Crippen LogP contribution in [0.5, 0.6) is 0 Å². The summed E-state index contributed by atoms with van der Waals surface area (Å²) in [6.45, 7) is 4.01. The van der Waals surface area contributed by atoms with Crippen LogP contribution in [0.1, 0.15) is 17.7 Å². The topological polar surface area (TPSA) is 107 Å². The molecule has 10 heteroatoms. The first-order valence-corrected chi connectivity index (χ1v) is 8.51. The number of hydrogen-bond donors (Lipinski definition) is 1. The normalized spacial score (nSPS) is 18.4. The van der Waals surface area contributed by atoms with E-state index in [-0.39, 0.29) is 6.10 Å². The second kappa shape index (κ2) is 7.77. The van der Waals surface area contributed by atoms with E-state index < -0.39 is 0 Å². The van der Waals surface area contributed by atoms with Crippen LogP contribution in [-0.2, 0) is 22.6 Å².